The van der Waals surface area contributed by atoms with Crippen molar-refractivity contribution in [3.05, 3.63) is 75.8 Å². The van der Waals surface area contributed by atoms with Gasteiger partial charge in [0.1, 0.15) is 5.76 Å². The van der Waals surface area contributed by atoms with Crippen LogP contribution in [-0.4, -0.2) is 28.2 Å². The van der Waals surface area contributed by atoms with Crippen LogP contribution in [0.4, 0.5) is 0 Å². The van der Waals surface area contributed by atoms with Crippen LogP contribution in [0.3, 0.4) is 0 Å². The Labute approximate surface area is 164 Å². The van der Waals surface area contributed by atoms with Crippen molar-refractivity contribution in [1.29, 1.82) is 0 Å². The van der Waals surface area contributed by atoms with Gasteiger partial charge in [0.25, 0.3) is 11.7 Å². The van der Waals surface area contributed by atoms with Gasteiger partial charge in [-0.05, 0) is 31.0 Å². The molecule has 27 heavy (non-hydrogen) atoms. The molecule has 140 valence electrons. The van der Waals surface area contributed by atoms with Crippen LogP contribution in [-0.2, 0) is 9.59 Å². The Morgan fingerprint density at radius 3 is 2.30 bits per heavy atom. The third-order valence-electron chi connectivity index (χ3n) is 4.80. The molecule has 1 heterocycles. The fourth-order valence-electron chi connectivity index (χ4n) is 3.30. The number of carbonyl (C=O) groups excluding carboxylic acids is 2. The van der Waals surface area contributed by atoms with E-state index in [1.165, 1.54) is 0 Å². The summed E-state index contributed by atoms with van der Waals surface area (Å²) in [5, 5.41) is 11.5. The minimum atomic E-state index is -0.649. The number of amides is 1. The molecule has 3 rings (SSSR count). The van der Waals surface area contributed by atoms with Crippen LogP contribution in [0.15, 0.2) is 54.1 Å². The highest BCUT2D eigenvalue weighted by atomic mass is 35.5. The Morgan fingerprint density at radius 2 is 1.70 bits per heavy atom. The SMILES string of the molecule is CCCCN1C(=O)C(=O)/C(=C(/O)c2ccc(C)cc2)C1c1ccc(Cl)cc1. The van der Waals surface area contributed by atoms with Crippen LogP contribution in [0.1, 0.15) is 42.5 Å². The Morgan fingerprint density at radius 1 is 1.07 bits per heavy atom. The lowest BCUT2D eigenvalue weighted by molar-refractivity contribution is -0.139. The van der Waals surface area contributed by atoms with E-state index in [1.807, 2.05) is 26.0 Å². The average Bonchev–Trinajstić information content (AvgIpc) is 2.91. The second-order valence-electron chi connectivity index (χ2n) is 6.76. The van der Waals surface area contributed by atoms with E-state index >= 15 is 0 Å². The Bertz CT molecular complexity index is 885. The first-order valence-electron chi connectivity index (χ1n) is 9.05. The zero-order valence-corrected chi connectivity index (χ0v) is 16.2. The van der Waals surface area contributed by atoms with E-state index in [0.29, 0.717) is 17.1 Å². The van der Waals surface area contributed by atoms with E-state index < -0.39 is 17.7 Å². The van der Waals surface area contributed by atoms with E-state index in [-0.39, 0.29) is 11.3 Å². The van der Waals surface area contributed by atoms with Crippen molar-refractivity contribution in [3.8, 4) is 0 Å². The molecule has 1 aliphatic rings. The number of hydrogen-bond donors (Lipinski definition) is 1. The summed E-state index contributed by atoms with van der Waals surface area (Å²) in [6.07, 6.45) is 1.68. The van der Waals surface area contributed by atoms with Crippen LogP contribution in [0.2, 0.25) is 5.02 Å². The first kappa shape index (κ1) is 19.2. The molecule has 4 nitrogen and oxygen atoms in total. The second-order valence-corrected chi connectivity index (χ2v) is 7.20. The third kappa shape index (κ3) is 3.76. The first-order valence-corrected chi connectivity index (χ1v) is 9.42. The largest absolute Gasteiger partial charge is 0.507 e. The summed E-state index contributed by atoms with van der Waals surface area (Å²) in [7, 11) is 0. The summed E-state index contributed by atoms with van der Waals surface area (Å²) in [5.74, 6) is -1.37. The molecule has 1 saturated heterocycles. The van der Waals surface area contributed by atoms with Crippen molar-refractivity contribution in [3.63, 3.8) is 0 Å². The lowest BCUT2D eigenvalue weighted by Gasteiger charge is -2.25. The molecule has 2 aromatic rings. The van der Waals surface area contributed by atoms with Gasteiger partial charge in [-0.25, -0.2) is 0 Å². The van der Waals surface area contributed by atoms with Crippen molar-refractivity contribution in [2.75, 3.05) is 6.54 Å². The molecule has 1 atom stereocenters. The molecule has 0 radical (unpaired) electrons. The number of halogens is 1. The summed E-state index contributed by atoms with van der Waals surface area (Å²) in [6.45, 7) is 4.43. The lowest BCUT2D eigenvalue weighted by Crippen LogP contribution is -2.30. The number of unbranched alkanes of at least 4 members (excludes halogenated alkanes) is 1. The molecule has 1 fully saturated rings. The summed E-state index contributed by atoms with van der Waals surface area (Å²) >= 11 is 6.00. The summed E-state index contributed by atoms with van der Waals surface area (Å²) in [6, 6.07) is 13.6. The molecule has 0 aromatic heterocycles. The molecule has 0 saturated carbocycles. The molecule has 1 N–H and O–H groups in total. The fourth-order valence-corrected chi connectivity index (χ4v) is 3.42. The van der Waals surface area contributed by atoms with E-state index in [1.54, 1.807) is 41.3 Å². The van der Waals surface area contributed by atoms with Gasteiger partial charge in [0.15, 0.2) is 0 Å². The highest BCUT2D eigenvalue weighted by Crippen LogP contribution is 2.39. The van der Waals surface area contributed by atoms with Crippen LogP contribution in [0, 0.1) is 6.92 Å². The van der Waals surface area contributed by atoms with Gasteiger partial charge in [-0.15, -0.1) is 0 Å². The molecule has 0 bridgehead atoms. The van der Waals surface area contributed by atoms with Gasteiger partial charge in [0.2, 0.25) is 0 Å². The van der Waals surface area contributed by atoms with Gasteiger partial charge in [0, 0.05) is 17.1 Å². The summed E-state index contributed by atoms with van der Waals surface area (Å²) in [5.41, 5.74) is 2.45. The van der Waals surface area contributed by atoms with E-state index in [2.05, 4.69) is 0 Å². The normalized spacial score (nSPS) is 18.9. The molecule has 2 aromatic carbocycles. The van der Waals surface area contributed by atoms with Gasteiger partial charge in [-0.2, -0.15) is 0 Å². The van der Waals surface area contributed by atoms with Crippen LogP contribution in [0.25, 0.3) is 5.76 Å². The predicted molar refractivity (Wildman–Crippen MR) is 107 cm³/mol. The second kappa shape index (κ2) is 7.97. The van der Waals surface area contributed by atoms with Gasteiger partial charge in [-0.1, -0.05) is 66.9 Å². The summed E-state index contributed by atoms with van der Waals surface area (Å²) in [4.78, 5) is 27.0. The molecule has 1 unspecified atom stereocenters. The zero-order chi connectivity index (χ0) is 19.6. The lowest BCUT2D eigenvalue weighted by atomic mass is 9.95. The Balaban J connectivity index is 2.14. The number of hydrogen-bond acceptors (Lipinski definition) is 3. The number of Topliss-reactive ketones (excluding diaryl/α,β-unsaturated/α-hetero) is 1. The maximum absolute atomic E-state index is 12.8. The standard InChI is InChI=1S/C22H22ClNO3/c1-3-4-13-24-19(15-9-11-17(23)12-10-15)18(21(26)22(24)27)20(25)16-7-5-14(2)6-8-16/h5-12,19,25H,3-4,13H2,1-2H3/b20-18+. The highest BCUT2D eigenvalue weighted by Gasteiger charge is 2.45. The minimum absolute atomic E-state index is 0.127. The van der Waals surface area contributed by atoms with Crippen LogP contribution >= 0.6 is 11.6 Å². The van der Waals surface area contributed by atoms with E-state index in [0.717, 1.165) is 24.0 Å². The average molecular weight is 384 g/mol. The maximum atomic E-state index is 12.8. The number of aliphatic hydroxyl groups excluding tert-OH is 1. The van der Waals surface area contributed by atoms with Crippen molar-refractivity contribution in [2.24, 2.45) is 0 Å². The first-order chi connectivity index (χ1) is 12.9. The highest BCUT2D eigenvalue weighted by molar-refractivity contribution is 6.46. The molecule has 1 aliphatic heterocycles. The topological polar surface area (TPSA) is 57.6 Å². The smallest absolute Gasteiger partial charge is 0.295 e. The number of carbonyl (C=O) groups is 2. The zero-order valence-electron chi connectivity index (χ0n) is 15.4. The van der Waals surface area contributed by atoms with Gasteiger partial charge in [0.05, 0.1) is 11.6 Å². The number of benzene rings is 2. The van der Waals surface area contributed by atoms with Crippen LogP contribution < -0.4 is 0 Å². The number of likely N-dealkylation sites (tertiary alicyclic amines) is 1. The number of aliphatic hydroxyl groups is 1. The van der Waals surface area contributed by atoms with Crippen LogP contribution in [0.5, 0.6) is 0 Å². The molecule has 0 aliphatic carbocycles. The molecular formula is C22H22ClNO3. The molecule has 1 amide bonds. The minimum Gasteiger partial charge on any atom is -0.507 e. The number of rotatable bonds is 5. The van der Waals surface area contributed by atoms with Gasteiger partial charge < -0.3 is 10.0 Å². The molecule has 0 spiro atoms. The van der Waals surface area contributed by atoms with Gasteiger partial charge in [-0.3, -0.25) is 9.59 Å². The monoisotopic (exact) mass is 383 g/mol. The fraction of sp³-hybridized carbons (Fsp3) is 0.273. The number of ketones is 1. The van der Waals surface area contributed by atoms with Crippen molar-refractivity contribution in [1.82, 2.24) is 4.90 Å². The third-order valence-corrected chi connectivity index (χ3v) is 5.06. The predicted octanol–water partition coefficient (Wildman–Crippen LogP) is 4.87. The number of aryl methyl sites for hydroxylation is 1. The van der Waals surface area contributed by atoms with Crippen molar-refractivity contribution >= 4 is 29.1 Å². The Hall–Kier alpha value is -2.59. The maximum Gasteiger partial charge on any atom is 0.295 e. The quantitative estimate of drug-likeness (QED) is 0.455. The van der Waals surface area contributed by atoms with E-state index in [9.17, 15) is 14.7 Å². The van der Waals surface area contributed by atoms with Gasteiger partial charge >= 0.3 is 0 Å². The van der Waals surface area contributed by atoms with E-state index in [4.69, 9.17) is 11.6 Å². The van der Waals surface area contributed by atoms with Crippen molar-refractivity contribution < 1.29 is 14.7 Å². The van der Waals surface area contributed by atoms with Crippen molar-refractivity contribution in [2.45, 2.75) is 32.7 Å². The Kier molecular flexibility index (Phi) is 5.66. The molecular weight excluding hydrogens is 362 g/mol. The summed E-state index contributed by atoms with van der Waals surface area (Å²) < 4.78 is 0. The molecule has 5 heteroatoms. The number of nitrogens with zero attached hydrogens (tertiary/aromatic N) is 1.